The van der Waals surface area contributed by atoms with Gasteiger partial charge in [-0.3, -0.25) is 4.79 Å². The van der Waals surface area contributed by atoms with Crippen LogP contribution in [0.5, 0.6) is 0 Å². The molecule has 1 N–H and O–H groups in total. The first-order valence-corrected chi connectivity index (χ1v) is 9.11. The van der Waals surface area contributed by atoms with Crippen LogP contribution in [-0.2, 0) is 9.53 Å². The molecule has 0 unspecified atom stereocenters. The Morgan fingerprint density at radius 2 is 1.61 bits per heavy atom. The summed E-state index contributed by atoms with van der Waals surface area (Å²) in [6.07, 6.45) is 0. The van der Waals surface area contributed by atoms with Crippen LogP contribution in [-0.4, -0.2) is 34.8 Å². The van der Waals surface area contributed by atoms with Crippen LogP contribution in [0.1, 0.15) is 24.3 Å². The summed E-state index contributed by atoms with van der Waals surface area (Å²) < 4.78 is 6.41. The second-order valence-corrected chi connectivity index (χ2v) is 6.75. The first-order chi connectivity index (χ1) is 13.5. The number of ether oxygens (including phenoxy) is 1. The van der Waals surface area contributed by atoms with Crippen molar-refractivity contribution in [2.45, 2.75) is 19.9 Å². The van der Waals surface area contributed by atoms with Crippen molar-refractivity contribution >= 4 is 11.9 Å². The predicted octanol–water partition coefficient (Wildman–Crippen LogP) is 3.47. The fourth-order valence-electron chi connectivity index (χ4n) is 2.90. The van der Waals surface area contributed by atoms with Gasteiger partial charge in [0.15, 0.2) is 0 Å². The topological polar surface area (TPSA) is 73.2 Å². The van der Waals surface area contributed by atoms with E-state index >= 15 is 0 Å². The molecule has 0 aliphatic heterocycles. The Kier molecular flexibility index (Phi) is 5.89. The smallest absolute Gasteiger partial charge is 0.328 e. The van der Waals surface area contributed by atoms with Gasteiger partial charge in [-0.2, -0.15) is 5.10 Å². The molecule has 1 atom stereocenters. The Labute approximate surface area is 164 Å². The van der Waals surface area contributed by atoms with Gasteiger partial charge in [-0.15, -0.1) is 0 Å². The first-order valence-electron chi connectivity index (χ1n) is 9.11. The first kappa shape index (κ1) is 19.4. The standard InChI is InChI=1S/C22H23N3O3/c1-15(2)20(22(27)28-3)23-21(26)19-14-18(16-10-6-4-7-11-16)24-25(19)17-12-8-5-9-13-17/h4-15,20H,1-3H3,(H,23,26)/t20-/m1/s1. The van der Waals surface area contributed by atoms with Crippen LogP contribution in [0.3, 0.4) is 0 Å². The van der Waals surface area contributed by atoms with Gasteiger partial charge in [-0.25, -0.2) is 9.48 Å². The van der Waals surface area contributed by atoms with Crippen LogP contribution >= 0.6 is 0 Å². The normalized spacial score (nSPS) is 11.9. The average molecular weight is 377 g/mol. The van der Waals surface area contributed by atoms with Crippen molar-refractivity contribution in [2.75, 3.05) is 7.11 Å². The van der Waals surface area contributed by atoms with Crippen molar-refractivity contribution in [3.63, 3.8) is 0 Å². The SMILES string of the molecule is COC(=O)[C@H](NC(=O)c1cc(-c2ccccc2)nn1-c1ccccc1)C(C)C. The number of hydrogen-bond donors (Lipinski definition) is 1. The highest BCUT2D eigenvalue weighted by Crippen LogP contribution is 2.22. The Bertz CT molecular complexity index is 950. The number of hydrogen-bond acceptors (Lipinski definition) is 4. The third kappa shape index (κ3) is 4.11. The molecule has 2 aromatic carbocycles. The number of nitrogens with zero attached hydrogens (tertiary/aromatic N) is 2. The fraction of sp³-hybridized carbons (Fsp3) is 0.227. The number of para-hydroxylation sites is 1. The molecule has 0 aliphatic carbocycles. The van der Waals surface area contributed by atoms with Gasteiger partial charge in [0.1, 0.15) is 11.7 Å². The summed E-state index contributed by atoms with van der Waals surface area (Å²) >= 11 is 0. The lowest BCUT2D eigenvalue weighted by Crippen LogP contribution is -2.45. The lowest BCUT2D eigenvalue weighted by molar-refractivity contribution is -0.144. The van der Waals surface area contributed by atoms with Crippen LogP contribution in [0.25, 0.3) is 16.9 Å². The molecule has 144 valence electrons. The number of amides is 1. The summed E-state index contributed by atoms with van der Waals surface area (Å²) in [5, 5.41) is 7.41. The molecule has 0 saturated heterocycles. The van der Waals surface area contributed by atoms with E-state index in [1.54, 1.807) is 10.7 Å². The summed E-state index contributed by atoms with van der Waals surface area (Å²) in [5.41, 5.74) is 2.68. The minimum absolute atomic E-state index is 0.113. The number of carbonyl (C=O) groups is 2. The summed E-state index contributed by atoms with van der Waals surface area (Å²) in [7, 11) is 1.31. The van der Waals surface area contributed by atoms with Crippen molar-refractivity contribution < 1.29 is 14.3 Å². The van der Waals surface area contributed by atoms with Gasteiger partial charge < -0.3 is 10.1 Å². The lowest BCUT2D eigenvalue weighted by atomic mass is 10.0. The van der Waals surface area contributed by atoms with Gasteiger partial charge >= 0.3 is 5.97 Å². The molecule has 3 rings (SSSR count). The van der Waals surface area contributed by atoms with E-state index in [0.29, 0.717) is 11.4 Å². The van der Waals surface area contributed by atoms with Gasteiger partial charge in [0.05, 0.1) is 18.5 Å². The maximum Gasteiger partial charge on any atom is 0.328 e. The van der Waals surface area contributed by atoms with Crippen molar-refractivity contribution in [1.29, 1.82) is 0 Å². The van der Waals surface area contributed by atoms with Crippen LogP contribution in [0.4, 0.5) is 0 Å². The van der Waals surface area contributed by atoms with Crippen molar-refractivity contribution in [2.24, 2.45) is 5.92 Å². The Hall–Kier alpha value is -3.41. The number of nitrogens with one attached hydrogen (secondary N) is 1. The van der Waals surface area contributed by atoms with E-state index in [0.717, 1.165) is 11.3 Å². The Balaban J connectivity index is 2.02. The summed E-state index contributed by atoms with van der Waals surface area (Å²) in [5.74, 6) is -0.974. The molecular weight excluding hydrogens is 354 g/mol. The maximum atomic E-state index is 13.0. The number of carbonyl (C=O) groups excluding carboxylic acids is 2. The van der Waals surface area contributed by atoms with Gasteiger partial charge in [0.2, 0.25) is 0 Å². The van der Waals surface area contributed by atoms with E-state index in [2.05, 4.69) is 10.4 Å². The maximum absolute atomic E-state index is 13.0. The van der Waals surface area contributed by atoms with E-state index in [-0.39, 0.29) is 11.8 Å². The largest absolute Gasteiger partial charge is 0.467 e. The molecule has 6 nitrogen and oxygen atoms in total. The summed E-state index contributed by atoms with van der Waals surface area (Å²) in [6, 6.07) is 20.0. The van der Waals surface area contributed by atoms with Crippen LogP contribution < -0.4 is 5.32 Å². The second-order valence-electron chi connectivity index (χ2n) is 6.75. The molecule has 0 spiro atoms. The summed E-state index contributed by atoms with van der Waals surface area (Å²) in [6.45, 7) is 3.71. The molecule has 0 bridgehead atoms. The molecule has 0 radical (unpaired) electrons. The van der Waals surface area contributed by atoms with Gasteiger partial charge in [0.25, 0.3) is 5.91 Å². The quantitative estimate of drug-likeness (QED) is 0.668. The van der Waals surface area contributed by atoms with E-state index in [9.17, 15) is 9.59 Å². The molecule has 0 aliphatic rings. The molecule has 0 fully saturated rings. The fourth-order valence-corrected chi connectivity index (χ4v) is 2.90. The number of rotatable bonds is 6. The highest BCUT2D eigenvalue weighted by Gasteiger charge is 2.27. The number of esters is 1. The molecule has 3 aromatic rings. The van der Waals surface area contributed by atoms with Crippen LogP contribution in [0.15, 0.2) is 66.7 Å². The zero-order valence-electron chi connectivity index (χ0n) is 16.1. The lowest BCUT2D eigenvalue weighted by Gasteiger charge is -2.20. The molecular formula is C22H23N3O3. The average Bonchev–Trinajstić information content (AvgIpc) is 3.18. The highest BCUT2D eigenvalue weighted by molar-refractivity contribution is 5.97. The minimum atomic E-state index is -0.739. The van der Waals surface area contributed by atoms with E-state index in [4.69, 9.17) is 4.74 Å². The summed E-state index contributed by atoms with van der Waals surface area (Å²) in [4.78, 5) is 25.1. The predicted molar refractivity (Wildman–Crippen MR) is 107 cm³/mol. The molecule has 0 saturated carbocycles. The highest BCUT2D eigenvalue weighted by atomic mass is 16.5. The van der Waals surface area contributed by atoms with Crippen molar-refractivity contribution in [3.8, 4) is 16.9 Å². The third-order valence-corrected chi connectivity index (χ3v) is 4.42. The molecule has 1 heterocycles. The molecule has 1 amide bonds. The van der Waals surface area contributed by atoms with E-state index in [1.165, 1.54) is 7.11 Å². The third-order valence-electron chi connectivity index (χ3n) is 4.42. The van der Waals surface area contributed by atoms with Crippen LogP contribution in [0.2, 0.25) is 0 Å². The Morgan fingerprint density at radius 1 is 1.00 bits per heavy atom. The molecule has 6 heteroatoms. The molecule has 28 heavy (non-hydrogen) atoms. The molecule has 1 aromatic heterocycles. The minimum Gasteiger partial charge on any atom is -0.467 e. The zero-order chi connectivity index (χ0) is 20.1. The number of benzene rings is 2. The Morgan fingerprint density at radius 3 is 2.18 bits per heavy atom. The van der Waals surface area contributed by atoms with E-state index in [1.807, 2.05) is 74.5 Å². The van der Waals surface area contributed by atoms with Crippen molar-refractivity contribution in [1.82, 2.24) is 15.1 Å². The number of methoxy groups -OCH3 is 1. The number of aromatic nitrogens is 2. The monoisotopic (exact) mass is 377 g/mol. The van der Waals surface area contributed by atoms with Crippen molar-refractivity contribution in [3.05, 3.63) is 72.4 Å². The van der Waals surface area contributed by atoms with E-state index < -0.39 is 12.0 Å². The zero-order valence-corrected chi connectivity index (χ0v) is 16.1. The van der Waals surface area contributed by atoms with Gasteiger partial charge in [0, 0.05) is 5.56 Å². The van der Waals surface area contributed by atoms with Gasteiger partial charge in [-0.1, -0.05) is 62.4 Å². The second kappa shape index (κ2) is 8.52. The van der Waals surface area contributed by atoms with Crippen LogP contribution in [0, 0.1) is 5.92 Å². The van der Waals surface area contributed by atoms with Gasteiger partial charge in [-0.05, 0) is 24.1 Å².